The maximum atomic E-state index is 13.3. The number of thioether (sulfide) groups is 1. The predicted octanol–water partition coefficient (Wildman–Crippen LogP) is 3.62. The predicted molar refractivity (Wildman–Crippen MR) is 99.9 cm³/mol. The third-order valence-electron chi connectivity index (χ3n) is 3.80. The number of carbonyl (C=O) groups is 2. The Bertz CT molecular complexity index is 988. The molecule has 0 saturated heterocycles. The Morgan fingerprint density at radius 1 is 1.11 bits per heavy atom. The number of nitrogens with one attached hydrogen (secondary N) is 1. The number of pyridine rings is 1. The highest BCUT2D eigenvalue weighted by molar-refractivity contribution is 8.01. The van der Waals surface area contributed by atoms with Crippen molar-refractivity contribution < 1.29 is 19.1 Å². The summed E-state index contributed by atoms with van der Waals surface area (Å²) in [7, 11) is 0. The number of imidazole rings is 1. The first kappa shape index (κ1) is 18.8. The fourth-order valence-electron chi connectivity index (χ4n) is 2.57. The van der Waals surface area contributed by atoms with Crippen LogP contribution in [0, 0.1) is 5.82 Å². The van der Waals surface area contributed by atoms with Gasteiger partial charge in [0.2, 0.25) is 5.88 Å². The van der Waals surface area contributed by atoms with Crippen molar-refractivity contribution in [1.29, 1.82) is 0 Å². The molecule has 0 radical (unpaired) electrons. The molecule has 6 nitrogen and oxygen atoms in total. The Morgan fingerprint density at radius 3 is 2.37 bits per heavy atom. The lowest BCUT2D eigenvalue weighted by Gasteiger charge is -2.06. The van der Waals surface area contributed by atoms with Crippen molar-refractivity contribution in [2.75, 3.05) is 0 Å². The zero-order valence-electron chi connectivity index (χ0n) is 14.6. The first-order valence-corrected chi connectivity index (χ1v) is 8.92. The van der Waals surface area contributed by atoms with Crippen LogP contribution in [0.5, 0.6) is 5.88 Å². The zero-order valence-corrected chi connectivity index (χ0v) is 15.4. The number of aromatic hydroxyl groups is 1. The van der Waals surface area contributed by atoms with Crippen molar-refractivity contribution in [1.82, 2.24) is 15.0 Å². The van der Waals surface area contributed by atoms with Crippen molar-refractivity contribution >= 4 is 23.3 Å². The average Bonchev–Trinajstić information content (AvgIpc) is 3.04. The largest absolute Gasteiger partial charge is 0.493 e. The normalized spacial score (nSPS) is 11.0. The number of ketones is 2. The van der Waals surface area contributed by atoms with E-state index < -0.39 is 5.25 Å². The highest BCUT2D eigenvalue weighted by Gasteiger charge is 2.24. The summed E-state index contributed by atoms with van der Waals surface area (Å²) in [4.78, 5) is 34.8. The molecule has 0 saturated carbocycles. The molecule has 3 aromatic rings. The molecule has 8 heteroatoms. The SMILES string of the molecule is CC(=O)C(Sc1nc(-c2ccc(F)cc2)c(-c2ccnc(O)c2)[nH]1)C(C)=O. The topological polar surface area (TPSA) is 95.9 Å². The second-order valence-electron chi connectivity index (χ2n) is 5.89. The Hall–Kier alpha value is -3.00. The Balaban J connectivity index is 2.10. The summed E-state index contributed by atoms with van der Waals surface area (Å²) < 4.78 is 13.3. The number of hydrogen-bond donors (Lipinski definition) is 2. The van der Waals surface area contributed by atoms with Crippen molar-refractivity contribution in [3.05, 3.63) is 48.4 Å². The van der Waals surface area contributed by atoms with Gasteiger partial charge in [-0.3, -0.25) is 9.59 Å². The molecule has 0 aliphatic rings. The molecule has 2 aromatic heterocycles. The van der Waals surface area contributed by atoms with Crippen LogP contribution in [0.1, 0.15) is 13.8 Å². The molecule has 2 N–H and O–H groups in total. The van der Waals surface area contributed by atoms with Crippen molar-refractivity contribution in [3.8, 4) is 28.4 Å². The van der Waals surface area contributed by atoms with E-state index in [1.807, 2.05) is 0 Å². The molecule has 0 fully saturated rings. The van der Waals surface area contributed by atoms with Crippen LogP contribution in [0.15, 0.2) is 47.8 Å². The molecule has 138 valence electrons. The quantitative estimate of drug-likeness (QED) is 0.497. The van der Waals surface area contributed by atoms with E-state index in [-0.39, 0.29) is 23.3 Å². The maximum Gasteiger partial charge on any atom is 0.211 e. The molecule has 0 atom stereocenters. The van der Waals surface area contributed by atoms with Gasteiger partial charge in [0.15, 0.2) is 16.7 Å². The number of rotatable bonds is 6. The van der Waals surface area contributed by atoms with Gasteiger partial charge in [0.1, 0.15) is 11.1 Å². The fraction of sp³-hybridized carbons (Fsp3) is 0.158. The van der Waals surface area contributed by atoms with E-state index >= 15 is 0 Å². The van der Waals surface area contributed by atoms with E-state index in [0.717, 1.165) is 11.8 Å². The fourth-order valence-corrected chi connectivity index (χ4v) is 3.43. The number of halogens is 1. The van der Waals surface area contributed by atoms with E-state index in [9.17, 15) is 19.1 Å². The number of aromatic amines is 1. The lowest BCUT2D eigenvalue weighted by atomic mass is 10.1. The number of Topliss-reactive ketones (excluding diaryl/α,β-unsaturated/α-hetero) is 2. The molecular formula is C19H16FN3O3S. The van der Waals surface area contributed by atoms with Gasteiger partial charge in [-0.1, -0.05) is 11.8 Å². The molecule has 0 bridgehead atoms. The number of H-pyrrole nitrogens is 1. The van der Waals surface area contributed by atoms with Gasteiger partial charge < -0.3 is 10.1 Å². The summed E-state index contributed by atoms with van der Waals surface area (Å²) >= 11 is 1.02. The van der Waals surface area contributed by atoms with Crippen LogP contribution in [0.3, 0.4) is 0 Å². The molecule has 0 spiro atoms. The van der Waals surface area contributed by atoms with Crippen LogP contribution in [-0.4, -0.2) is 36.9 Å². The Kier molecular flexibility index (Phi) is 5.36. The van der Waals surface area contributed by atoms with E-state index in [2.05, 4.69) is 15.0 Å². The molecular weight excluding hydrogens is 369 g/mol. The zero-order chi connectivity index (χ0) is 19.6. The summed E-state index contributed by atoms with van der Waals surface area (Å²) in [5, 5.41) is 9.19. The van der Waals surface area contributed by atoms with E-state index in [0.29, 0.717) is 27.7 Å². The van der Waals surface area contributed by atoms with Gasteiger partial charge >= 0.3 is 0 Å². The van der Waals surface area contributed by atoms with Gasteiger partial charge in [-0.2, -0.15) is 0 Å². The molecule has 0 aliphatic heterocycles. The number of hydrogen-bond acceptors (Lipinski definition) is 6. The second kappa shape index (κ2) is 7.71. The molecule has 1 aromatic carbocycles. The number of benzene rings is 1. The van der Waals surface area contributed by atoms with Gasteiger partial charge in [-0.25, -0.2) is 14.4 Å². The van der Waals surface area contributed by atoms with E-state index in [1.54, 1.807) is 18.2 Å². The van der Waals surface area contributed by atoms with E-state index in [4.69, 9.17) is 0 Å². The number of aromatic nitrogens is 3. The molecule has 27 heavy (non-hydrogen) atoms. The summed E-state index contributed by atoms with van der Waals surface area (Å²) in [6.45, 7) is 2.70. The summed E-state index contributed by atoms with van der Waals surface area (Å²) in [6.07, 6.45) is 1.45. The average molecular weight is 385 g/mol. The Morgan fingerprint density at radius 2 is 1.78 bits per heavy atom. The second-order valence-corrected chi connectivity index (χ2v) is 6.99. The van der Waals surface area contributed by atoms with Crippen molar-refractivity contribution in [3.63, 3.8) is 0 Å². The number of nitrogens with zero attached hydrogens (tertiary/aromatic N) is 2. The van der Waals surface area contributed by atoms with Crippen LogP contribution in [0.2, 0.25) is 0 Å². The van der Waals surface area contributed by atoms with Crippen LogP contribution in [0.4, 0.5) is 4.39 Å². The summed E-state index contributed by atoms with van der Waals surface area (Å²) in [6, 6.07) is 8.94. The van der Waals surface area contributed by atoms with Crippen LogP contribution in [0.25, 0.3) is 22.5 Å². The minimum absolute atomic E-state index is 0.160. The summed E-state index contributed by atoms with van der Waals surface area (Å²) in [5.41, 5.74) is 2.33. The number of carbonyl (C=O) groups excluding carboxylic acids is 2. The monoisotopic (exact) mass is 385 g/mol. The standard InChI is InChI=1S/C19H16FN3O3S/c1-10(24)18(11(2)25)27-19-22-16(12-3-5-14(20)6-4-12)17(23-19)13-7-8-21-15(26)9-13/h3-9,18H,1-2H3,(H,21,26)(H,22,23). The third-order valence-corrected chi connectivity index (χ3v) is 5.12. The van der Waals surface area contributed by atoms with Gasteiger partial charge in [-0.05, 0) is 44.2 Å². The van der Waals surface area contributed by atoms with Gasteiger partial charge in [0, 0.05) is 23.4 Å². The van der Waals surface area contributed by atoms with Gasteiger partial charge in [0.25, 0.3) is 0 Å². The highest BCUT2D eigenvalue weighted by Crippen LogP contribution is 2.34. The third kappa shape index (κ3) is 4.22. The molecule has 0 aliphatic carbocycles. The van der Waals surface area contributed by atoms with Gasteiger partial charge in [0.05, 0.1) is 11.4 Å². The maximum absolute atomic E-state index is 13.3. The molecule has 0 amide bonds. The molecule has 3 rings (SSSR count). The van der Waals surface area contributed by atoms with Crippen molar-refractivity contribution in [2.24, 2.45) is 0 Å². The molecule has 2 heterocycles. The molecule has 0 unspecified atom stereocenters. The van der Waals surface area contributed by atoms with Crippen LogP contribution < -0.4 is 0 Å². The van der Waals surface area contributed by atoms with Crippen LogP contribution >= 0.6 is 11.8 Å². The summed E-state index contributed by atoms with van der Waals surface area (Å²) in [5.74, 6) is -1.07. The van der Waals surface area contributed by atoms with E-state index in [1.165, 1.54) is 38.2 Å². The minimum Gasteiger partial charge on any atom is -0.493 e. The minimum atomic E-state index is -0.865. The smallest absolute Gasteiger partial charge is 0.211 e. The first-order valence-electron chi connectivity index (χ1n) is 8.04. The lowest BCUT2D eigenvalue weighted by molar-refractivity contribution is -0.123. The Labute approximate surface area is 158 Å². The van der Waals surface area contributed by atoms with Crippen LogP contribution in [-0.2, 0) is 9.59 Å². The highest BCUT2D eigenvalue weighted by atomic mass is 32.2. The van der Waals surface area contributed by atoms with Gasteiger partial charge in [-0.15, -0.1) is 0 Å². The lowest BCUT2D eigenvalue weighted by Crippen LogP contribution is -2.22. The van der Waals surface area contributed by atoms with Crippen molar-refractivity contribution in [2.45, 2.75) is 24.3 Å². The first-order chi connectivity index (χ1) is 12.8.